The highest BCUT2D eigenvalue weighted by molar-refractivity contribution is 7.18. The van der Waals surface area contributed by atoms with Gasteiger partial charge in [-0.15, -0.1) is 11.3 Å². The molecule has 0 spiro atoms. The molecule has 2 heterocycles. The van der Waals surface area contributed by atoms with E-state index in [1.807, 2.05) is 45.0 Å². The van der Waals surface area contributed by atoms with E-state index >= 15 is 0 Å². The molecule has 0 amide bonds. The summed E-state index contributed by atoms with van der Waals surface area (Å²) in [5.41, 5.74) is 2.99. The van der Waals surface area contributed by atoms with Crippen molar-refractivity contribution in [3.8, 4) is 0 Å². The molecular formula is C16H15N3OS. The van der Waals surface area contributed by atoms with Crippen LogP contribution in [-0.2, 0) is 0 Å². The lowest BCUT2D eigenvalue weighted by Gasteiger charge is -1.99. The third-order valence-electron chi connectivity index (χ3n) is 3.45. The van der Waals surface area contributed by atoms with Gasteiger partial charge in [-0.05, 0) is 31.9 Å². The lowest BCUT2D eigenvalue weighted by atomic mass is 10.2. The van der Waals surface area contributed by atoms with Crippen LogP contribution in [0.4, 0.5) is 0 Å². The summed E-state index contributed by atoms with van der Waals surface area (Å²) in [5, 5.41) is 4.91. The molecule has 0 N–H and O–H groups in total. The predicted molar refractivity (Wildman–Crippen MR) is 87.5 cm³/mol. The molecule has 0 saturated heterocycles. The summed E-state index contributed by atoms with van der Waals surface area (Å²) in [5.74, 6) is 0. The Morgan fingerprint density at radius 3 is 2.86 bits per heavy atom. The molecule has 1 aromatic carbocycles. The van der Waals surface area contributed by atoms with Gasteiger partial charge in [0.25, 0.3) is 5.56 Å². The molecule has 5 heteroatoms. The van der Waals surface area contributed by atoms with Crippen LogP contribution in [0.5, 0.6) is 0 Å². The van der Waals surface area contributed by atoms with Gasteiger partial charge in [0.05, 0.1) is 11.6 Å². The van der Waals surface area contributed by atoms with Gasteiger partial charge in [-0.25, -0.2) is 4.98 Å². The Labute approximate surface area is 126 Å². The van der Waals surface area contributed by atoms with E-state index in [-0.39, 0.29) is 5.56 Å². The molecule has 0 aliphatic heterocycles. The molecule has 0 aliphatic carbocycles. The van der Waals surface area contributed by atoms with E-state index in [1.165, 1.54) is 11.0 Å². The van der Waals surface area contributed by atoms with Crippen molar-refractivity contribution in [2.45, 2.75) is 20.8 Å². The molecule has 0 aliphatic rings. The molecular weight excluding hydrogens is 282 g/mol. The Hall–Kier alpha value is -2.27. The summed E-state index contributed by atoms with van der Waals surface area (Å²) < 4.78 is 1.30. The fourth-order valence-corrected chi connectivity index (χ4v) is 3.17. The largest absolute Gasteiger partial charge is 0.282 e. The van der Waals surface area contributed by atoms with Crippen molar-refractivity contribution in [1.29, 1.82) is 0 Å². The number of aryl methyl sites for hydroxylation is 3. The minimum Gasteiger partial charge on any atom is -0.267 e. The van der Waals surface area contributed by atoms with Gasteiger partial charge < -0.3 is 0 Å². The number of thiophene rings is 1. The summed E-state index contributed by atoms with van der Waals surface area (Å²) in [6.07, 6.45) is 3.16. The van der Waals surface area contributed by atoms with Crippen LogP contribution in [0.15, 0.2) is 40.5 Å². The molecule has 0 unspecified atom stereocenters. The molecule has 0 radical (unpaired) electrons. The third kappa shape index (κ3) is 2.52. The number of hydrogen-bond donors (Lipinski definition) is 0. The molecule has 0 bridgehead atoms. The van der Waals surface area contributed by atoms with Crippen LogP contribution in [0.25, 0.3) is 10.2 Å². The van der Waals surface area contributed by atoms with Crippen molar-refractivity contribution in [3.63, 3.8) is 0 Å². The van der Waals surface area contributed by atoms with Gasteiger partial charge >= 0.3 is 0 Å². The number of aromatic nitrogens is 2. The van der Waals surface area contributed by atoms with Crippen molar-refractivity contribution in [1.82, 2.24) is 9.66 Å². The second-order valence-corrected chi connectivity index (χ2v) is 6.22. The SMILES string of the molecule is Cc1cccc(/C=N/n2cnc3sc(C)c(C)c3c2=O)c1. The van der Waals surface area contributed by atoms with Gasteiger partial charge in [-0.1, -0.05) is 29.8 Å². The average molecular weight is 297 g/mol. The van der Waals surface area contributed by atoms with Crippen molar-refractivity contribution in [2.75, 3.05) is 0 Å². The van der Waals surface area contributed by atoms with Gasteiger partial charge in [0.1, 0.15) is 11.2 Å². The van der Waals surface area contributed by atoms with Crippen molar-refractivity contribution in [2.24, 2.45) is 5.10 Å². The van der Waals surface area contributed by atoms with E-state index in [0.717, 1.165) is 26.4 Å². The second-order valence-electron chi connectivity index (χ2n) is 5.02. The Bertz CT molecular complexity index is 906. The maximum Gasteiger partial charge on any atom is 0.282 e. The quantitative estimate of drug-likeness (QED) is 0.682. The van der Waals surface area contributed by atoms with Gasteiger partial charge in [-0.2, -0.15) is 9.78 Å². The number of fused-ring (bicyclic) bond motifs is 1. The zero-order chi connectivity index (χ0) is 15.0. The molecule has 2 aromatic heterocycles. The van der Waals surface area contributed by atoms with Crippen LogP contribution in [0.2, 0.25) is 0 Å². The van der Waals surface area contributed by atoms with Crippen molar-refractivity contribution < 1.29 is 0 Å². The van der Waals surface area contributed by atoms with Crippen LogP contribution >= 0.6 is 11.3 Å². The summed E-state index contributed by atoms with van der Waals surface area (Å²) in [6.45, 7) is 5.97. The van der Waals surface area contributed by atoms with Crippen LogP contribution in [0.1, 0.15) is 21.6 Å². The average Bonchev–Trinajstić information content (AvgIpc) is 2.74. The lowest BCUT2D eigenvalue weighted by molar-refractivity contribution is 0.818. The van der Waals surface area contributed by atoms with E-state index in [2.05, 4.69) is 10.1 Å². The Morgan fingerprint density at radius 2 is 2.10 bits per heavy atom. The van der Waals surface area contributed by atoms with E-state index in [1.54, 1.807) is 17.6 Å². The van der Waals surface area contributed by atoms with E-state index in [4.69, 9.17) is 0 Å². The number of benzene rings is 1. The highest BCUT2D eigenvalue weighted by Crippen LogP contribution is 2.25. The lowest BCUT2D eigenvalue weighted by Crippen LogP contribution is -2.16. The summed E-state index contributed by atoms with van der Waals surface area (Å²) >= 11 is 1.54. The molecule has 4 nitrogen and oxygen atoms in total. The maximum atomic E-state index is 12.5. The predicted octanol–water partition coefficient (Wildman–Crippen LogP) is 3.27. The summed E-state index contributed by atoms with van der Waals surface area (Å²) in [7, 11) is 0. The van der Waals surface area contributed by atoms with Crippen LogP contribution in [0, 0.1) is 20.8 Å². The van der Waals surface area contributed by atoms with Gasteiger partial charge in [0.2, 0.25) is 0 Å². The fraction of sp³-hybridized carbons (Fsp3) is 0.188. The molecule has 0 saturated carbocycles. The third-order valence-corrected chi connectivity index (χ3v) is 4.56. The maximum absolute atomic E-state index is 12.5. The topological polar surface area (TPSA) is 47.2 Å². The van der Waals surface area contributed by atoms with E-state index < -0.39 is 0 Å². The molecule has 106 valence electrons. The van der Waals surface area contributed by atoms with Crippen molar-refractivity contribution >= 4 is 27.8 Å². The molecule has 0 atom stereocenters. The van der Waals surface area contributed by atoms with Crippen LogP contribution < -0.4 is 5.56 Å². The highest BCUT2D eigenvalue weighted by atomic mass is 32.1. The Morgan fingerprint density at radius 1 is 1.29 bits per heavy atom. The molecule has 21 heavy (non-hydrogen) atoms. The second kappa shape index (κ2) is 5.26. The Balaban J connectivity index is 2.07. The molecule has 3 rings (SSSR count). The first-order valence-electron chi connectivity index (χ1n) is 6.64. The van der Waals surface area contributed by atoms with Crippen LogP contribution in [0.3, 0.4) is 0 Å². The number of hydrogen-bond acceptors (Lipinski definition) is 4. The monoisotopic (exact) mass is 297 g/mol. The fourth-order valence-electron chi connectivity index (χ4n) is 2.19. The first kappa shape index (κ1) is 13.7. The van der Waals surface area contributed by atoms with Crippen molar-refractivity contribution in [3.05, 3.63) is 62.5 Å². The standard InChI is InChI=1S/C16H15N3OS/c1-10-5-4-6-13(7-10)8-18-19-9-17-15-14(16(19)20)11(2)12(3)21-15/h4-9H,1-3H3/b18-8+. The normalized spacial score (nSPS) is 11.6. The number of rotatable bonds is 2. The van der Waals surface area contributed by atoms with Gasteiger partial charge in [-0.3, -0.25) is 4.79 Å². The molecule has 0 fully saturated rings. The first-order valence-corrected chi connectivity index (χ1v) is 7.46. The highest BCUT2D eigenvalue weighted by Gasteiger charge is 2.11. The Kier molecular flexibility index (Phi) is 3.43. The smallest absolute Gasteiger partial charge is 0.267 e. The minimum absolute atomic E-state index is 0.120. The number of nitrogens with zero attached hydrogens (tertiary/aromatic N) is 3. The van der Waals surface area contributed by atoms with Gasteiger partial charge in [0.15, 0.2) is 0 Å². The van der Waals surface area contributed by atoms with Gasteiger partial charge in [0, 0.05) is 4.88 Å². The zero-order valence-electron chi connectivity index (χ0n) is 12.1. The van der Waals surface area contributed by atoms with E-state index in [9.17, 15) is 4.79 Å². The van der Waals surface area contributed by atoms with E-state index in [0.29, 0.717) is 5.39 Å². The summed E-state index contributed by atoms with van der Waals surface area (Å²) in [4.78, 5) is 18.7. The minimum atomic E-state index is -0.120. The molecule has 3 aromatic rings. The van der Waals surface area contributed by atoms with Crippen LogP contribution in [-0.4, -0.2) is 15.9 Å². The zero-order valence-corrected chi connectivity index (χ0v) is 12.9. The summed E-state index contributed by atoms with van der Waals surface area (Å²) in [6, 6.07) is 7.95. The first-order chi connectivity index (χ1) is 10.1.